The van der Waals surface area contributed by atoms with E-state index in [1.54, 1.807) is 18.2 Å². The van der Waals surface area contributed by atoms with Crippen LogP contribution in [0, 0.1) is 5.82 Å². The zero-order chi connectivity index (χ0) is 18.6. The summed E-state index contributed by atoms with van der Waals surface area (Å²) in [5.74, 6) is 0.162. The third-order valence-electron chi connectivity index (χ3n) is 4.18. The quantitative estimate of drug-likeness (QED) is 0.527. The number of rotatable bonds is 5. The lowest BCUT2D eigenvalue weighted by Crippen LogP contribution is -2.20. The summed E-state index contributed by atoms with van der Waals surface area (Å²) in [7, 11) is 0. The molecule has 4 nitrogen and oxygen atoms in total. The second-order valence-electron chi connectivity index (χ2n) is 6.14. The first-order valence-corrected chi connectivity index (χ1v) is 8.54. The standard InChI is InChI=1S/C22H17FN2O2/c23-17-8-11-20-16(12-17)13-21(25-20)15-6-9-18(10-7-15)24-22(26)14-27-19-4-2-1-3-5-19/h1-13,25H,14H2,(H,24,26). The van der Waals surface area contributed by atoms with E-state index in [-0.39, 0.29) is 18.3 Å². The molecule has 4 rings (SSSR count). The predicted octanol–water partition coefficient (Wildman–Crippen LogP) is 4.99. The molecular weight excluding hydrogens is 343 g/mol. The van der Waals surface area contributed by atoms with Crippen LogP contribution < -0.4 is 10.1 Å². The van der Waals surface area contributed by atoms with Crippen molar-refractivity contribution in [3.8, 4) is 17.0 Å². The van der Waals surface area contributed by atoms with Crippen LogP contribution in [0.2, 0.25) is 0 Å². The lowest BCUT2D eigenvalue weighted by molar-refractivity contribution is -0.118. The second kappa shape index (κ2) is 7.33. The summed E-state index contributed by atoms with van der Waals surface area (Å²) in [6, 6.07) is 23.2. The van der Waals surface area contributed by atoms with Gasteiger partial charge in [-0.3, -0.25) is 4.79 Å². The van der Waals surface area contributed by atoms with Crippen LogP contribution in [0.5, 0.6) is 5.75 Å². The highest BCUT2D eigenvalue weighted by molar-refractivity contribution is 5.92. The molecule has 2 N–H and O–H groups in total. The number of benzene rings is 3. The molecule has 0 fully saturated rings. The molecule has 5 heteroatoms. The zero-order valence-electron chi connectivity index (χ0n) is 14.4. The van der Waals surface area contributed by atoms with Crippen LogP contribution in [0.3, 0.4) is 0 Å². The third-order valence-corrected chi connectivity index (χ3v) is 4.18. The van der Waals surface area contributed by atoms with Crippen LogP contribution in [-0.2, 0) is 4.79 Å². The molecule has 0 saturated carbocycles. The van der Waals surface area contributed by atoms with Crippen LogP contribution in [-0.4, -0.2) is 17.5 Å². The highest BCUT2D eigenvalue weighted by atomic mass is 19.1. The summed E-state index contributed by atoms with van der Waals surface area (Å²) in [4.78, 5) is 15.3. The SMILES string of the molecule is O=C(COc1ccccc1)Nc1ccc(-c2cc3cc(F)ccc3[nH]2)cc1. The van der Waals surface area contributed by atoms with Gasteiger partial charge in [0.1, 0.15) is 11.6 Å². The molecule has 134 valence electrons. The summed E-state index contributed by atoms with van der Waals surface area (Å²) in [5, 5.41) is 3.62. The van der Waals surface area contributed by atoms with E-state index < -0.39 is 0 Å². The van der Waals surface area contributed by atoms with Gasteiger partial charge in [0.05, 0.1) is 0 Å². The number of nitrogens with one attached hydrogen (secondary N) is 2. The average molecular weight is 360 g/mol. The van der Waals surface area contributed by atoms with Gasteiger partial charge in [-0.25, -0.2) is 4.39 Å². The Morgan fingerprint density at radius 1 is 0.963 bits per heavy atom. The zero-order valence-corrected chi connectivity index (χ0v) is 14.4. The number of aromatic nitrogens is 1. The van der Waals surface area contributed by atoms with E-state index in [2.05, 4.69) is 10.3 Å². The summed E-state index contributed by atoms with van der Waals surface area (Å²) in [6.07, 6.45) is 0. The fourth-order valence-corrected chi connectivity index (χ4v) is 2.85. The van der Waals surface area contributed by atoms with Gasteiger partial charge in [-0.2, -0.15) is 0 Å². The maximum Gasteiger partial charge on any atom is 0.262 e. The van der Waals surface area contributed by atoms with Crippen molar-refractivity contribution < 1.29 is 13.9 Å². The van der Waals surface area contributed by atoms with Crippen LogP contribution in [0.4, 0.5) is 10.1 Å². The number of H-pyrrole nitrogens is 1. The molecule has 0 aliphatic heterocycles. The number of carbonyl (C=O) groups is 1. The molecule has 0 bridgehead atoms. The van der Waals surface area contributed by atoms with Gasteiger partial charge < -0.3 is 15.0 Å². The molecular formula is C22H17FN2O2. The number of para-hydroxylation sites is 1. The van der Waals surface area contributed by atoms with Gasteiger partial charge >= 0.3 is 0 Å². The van der Waals surface area contributed by atoms with Gasteiger partial charge in [0, 0.05) is 22.3 Å². The predicted molar refractivity (Wildman–Crippen MR) is 104 cm³/mol. The summed E-state index contributed by atoms with van der Waals surface area (Å²) >= 11 is 0. The van der Waals surface area contributed by atoms with Gasteiger partial charge in [0.15, 0.2) is 6.61 Å². The average Bonchev–Trinajstić information content (AvgIpc) is 3.11. The van der Waals surface area contributed by atoms with E-state index in [9.17, 15) is 9.18 Å². The Morgan fingerprint density at radius 3 is 2.52 bits per heavy atom. The molecule has 0 radical (unpaired) electrons. The van der Waals surface area contributed by atoms with E-state index in [0.29, 0.717) is 11.4 Å². The third kappa shape index (κ3) is 3.98. The van der Waals surface area contributed by atoms with Gasteiger partial charge in [-0.05, 0) is 54.1 Å². The first-order valence-electron chi connectivity index (χ1n) is 8.54. The van der Waals surface area contributed by atoms with Crippen LogP contribution in [0.25, 0.3) is 22.2 Å². The number of ether oxygens (including phenoxy) is 1. The smallest absolute Gasteiger partial charge is 0.262 e. The van der Waals surface area contributed by atoms with Crippen molar-refractivity contribution >= 4 is 22.5 Å². The number of aromatic amines is 1. The molecule has 0 unspecified atom stereocenters. The Balaban J connectivity index is 1.41. The molecule has 4 aromatic rings. The Bertz CT molecular complexity index is 1070. The summed E-state index contributed by atoms with van der Waals surface area (Å²) < 4.78 is 18.8. The summed E-state index contributed by atoms with van der Waals surface area (Å²) in [6.45, 7) is -0.0562. The van der Waals surface area contributed by atoms with Gasteiger partial charge in [-0.15, -0.1) is 0 Å². The van der Waals surface area contributed by atoms with Crippen LogP contribution in [0.1, 0.15) is 0 Å². The van der Waals surface area contributed by atoms with E-state index >= 15 is 0 Å². The molecule has 0 aliphatic carbocycles. The van der Waals surface area contributed by atoms with Crippen molar-refractivity contribution in [1.82, 2.24) is 4.98 Å². The lowest BCUT2D eigenvalue weighted by atomic mass is 10.1. The Morgan fingerprint density at radius 2 is 1.74 bits per heavy atom. The minimum absolute atomic E-state index is 0.0562. The molecule has 1 aromatic heterocycles. The fraction of sp³-hybridized carbons (Fsp3) is 0.0455. The van der Waals surface area contributed by atoms with E-state index in [4.69, 9.17) is 4.74 Å². The molecule has 0 atom stereocenters. The molecule has 3 aromatic carbocycles. The van der Waals surface area contributed by atoms with Crippen molar-refractivity contribution in [2.24, 2.45) is 0 Å². The maximum atomic E-state index is 13.3. The number of amides is 1. The van der Waals surface area contributed by atoms with Gasteiger partial charge in [-0.1, -0.05) is 30.3 Å². The molecule has 0 spiro atoms. The topological polar surface area (TPSA) is 54.1 Å². The van der Waals surface area contributed by atoms with E-state index in [1.807, 2.05) is 48.5 Å². The van der Waals surface area contributed by atoms with E-state index in [0.717, 1.165) is 22.2 Å². The number of fused-ring (bicyclic) bond motifs is 1. The van der Waals surface area contributed by atoms with Crippen molar-refractivity contribution in [2.75, 3.05) is 11.9 Å². The normalized spacial score (nSPS) is 10.7. The minimum atomic E-state index is -0.260. The van der Waals surface area contributed by atoms with Crippen molar-refractivity contribution in [3.63, 3.8) is 0 Å². The number of halogens is 1. The molecule has 1 amide bonds. The van der Waals surface area contributed by atoms with Gasteiger partial charge in [0.25, 0.3) is 5.91 Å². The van der Waals surface area contributed by atoms with Crippen molar-refractivity contribution in [2.45, 2.75) is 0 Å². The largest absolute Gasteiger partial charge is 0.484 e. The van der Waals surface area contributed by atoms with E-state index in [1.165, 1.54) is 12.1 Å². The maximum absolute atomic E-state index is 13.3. The number of hydrogen-bond donors (Lipinski definition) is 2. The van der Waals surface area contributed by atoms with Gasteiger partial charge in [0.2, 0.25) is 0 Å². The molecule has 1 heterocycles. The highest BCUT2D eigenvalue weighted by Gasteiger charge is 2.07. The van der Waals surface area contributed by atoms with Crippen LogP contribution >= 0.6 is 0 Å². The van der Waals surface area contributed by atoms with Crippen molar-refractivity contribution in [3.05, 3.63) is 84.7 Å². The monoisotopic (exact) mass is 360 g/mol. The Hall–Kier alpha value is -3.60. The number of hydrogen-bond acceptors (Lipinski definition) is 2. The first kappa shape index (κ1) is 16.8. The lowest BCUT2D eigenvalue weighted by Gasteiger charge is -2.08. The molecule has 0 aliphatic rings. The minimum Gasteiger partial charge on any atom is -0.484 e. The Kier molecular flexibility index (Phi) is 4.58. The highest BCUT2D eigenvalue weighted by Crippen LogP contribution is 2.25. The first-order chi connectivity index (χ1) is 13.2. The molecule has 0 saturated heterocycles. The number of carbonyl (C=O) groups excluding carboxylic acids is 1. The fourth-order valence-electron chi connectivity index (χ4n) is 2.85. The summed E-state index contributed by atoms with van der Waals surface area (Å²) in [5.41, 5.74) is 3.40. The van der Waals surface area contributed by atoms with Crippen LogP contribution in [0.15, 0.2) is 78.9 Å². The van der Waals surface area contributed by atoms with Crippen molar-refractivity contribution in [1.29, 1.82) is 0 Å². The molecule has 27 heavy (non-hydrogen) atoms. The number of anilines is 1. The second-order valence-corrected chi connectivity index (χ2v) is 6.14. The Labute approximate surface area is 155 Å².